The molecule has 0 saturated carbocycles. The Hall–Kier alpha value is -0.820. The van der Waals surface area contributed by atoms with E-state index in [1.165, 1.54) is 30.5 Å². The summed E-state index contributed by atoms with van der Waals surface area (Å²) in [5.74, 6) is 0.740. The van der Waals surface area contributed by atoms with Gasteiger partial charge in [0.25, 0.3) is 0 Å². The van der Waals surface area contributed by atoms with Gasteiger partial charge >= 0.3 is 0 Å². The van der Waals surface area contributed by atoms with Crippen LogP contribution in [0.4, 0.5) is 0 Å². The Labute approximate surface area is 86.5 Å². The molecule has 0 radical (unpaired) electrons. The topological polar surface area (TPSA) is 12.0 Å². The predicted molar refractivity (Wildman–Crippen MR) is 60.8 cm³/mol. The minimum atomic E-state index is 0.740. The molecule has 1 heterocycles. The van der Waals surface area contributed by atoms with E-state index in [1.54, 1.807) is 5.56 Å². The van der Waals surface area contributed by atoms with E-state index < -0.39 is 0 Å². The van der Waals surface area contributed by atoms with Crippen LogP contribution in [0.3, 0.4) is 0 Å². The van der Waals surface area contributed by atoms with Crippen LogP contribution in [0.15, 0.2) is 18.2 Å². The largest absolute Gasteiger partial charge is 0.316 e. The van der Waals surface area contributed by atoms with Crippen molar-refractivity contribution in [2.24, 2.45) is 0 Å². The molecule has 1 aliphatic heterocycles. The SMILES string of the molecule is Cc1ccc([C@H]2CCCNC2)c(C)c1. The summed E-state index contributed by atoms with van der Waals surface area (Å²) in [5, 5.41) is 3.48. The van der Waals surface area contributed by atoms with Gasteiger partial charge in [-0.1, -0.05) is 23.8 Å². The summed E-state index contributed by atoms with van der Waals surface area (Å²) in [7, 11) is 0. The fourth-order valence-corrected chi connectivity index (χ4v) is 2.40. The minimum absolute atomic E-state index is 0.740. The molecule has 1 saturated heterocycles. The lowest BCUT2D eigenvalue weighted by Gasteiger charge is -2.24. The van der Waals surface area contributed by atoms with Crippen molar-refractivity contribution in [3.8, 4) is 0 Å². The summed E-state index contributed by atoms with van der Waals surface area (Å²) in [6.07, 6.45) is 2.66. The molecular weight excluding hydrogens is 170 g/mol. The van der Waals surface area contributed by atoms with Gasteiger partial charge in [0.05, 0.1) is 0 Å². The Morgan fingerprint density at radius 2 is 2.14 bits per heavy atom. The zero-order valence-electron chi connectivity index (χ0n) is 9.14. The van der Waals surface area contributed by atoms with E-state index in [9.17, 15) is 0 Å². The molecule has 76 valence electrons. The zero-order chi connectivity index (χ0) is 9.97. The van der Waals surface area contributed by atoms with Crippen LogP contribution in [-0.4, -0.2) is 13.1 Å². The van der Waals surface area contributed by atoms with Crippen molar-refractivity contribution in [3.05, 3.63) is 34.9 Å². The number of benzene rings is 1. The molecule has 0 aromatic heterocycles. The summed E-state index contributed by atoms with van der Waals surface area (Å²) in [6.45, 7) is 6.75. The van der Waals surface area contributed by atoms with Gasteiger partial charge in [-0.3, -0.25) is 0 Å². The molecule has 14 heavy (non-hydrogen) atoms. The van der Waals surface area contributed by atoms with Gasteiger partial charge in [-0.25, -0.2) is 0 Å². The molecule has 0 amide bonds. The molecular formula is C13H19N. The van der Waals surface area contributed by atoms with Gasteiger partial charge in [-0.2, -0.15) is 0 Å². The van der Waals surface area contributed by atoms with E-state index in [0.29, 0.717) is 0 Å². The molecule has 0 aliphatic carbocycles. The van der Waals surface area contributed by atoms with E-state index in [0.717, 1.165) is 12.5 Å². The van der Waals surface area contributed by atoms with Crippen molar-refractivity contribution in [2.75, 3.05) is 13.1 Å². The third-order valence-corrected chi connectivity index (χ3v) is 3.16. The lowest BCUT2D eigenvalue weighted by Crippen LogP contribution is -2.28. The lowest BCUT2D eigenvalue weighted by molar-refractivity contribution is 0.460. The van der Waals surface area contributed by atoms with Crippen LogP contribution in [-0.2, 0) is 0 Å². The Morgan fingerprint density at radius 1 is 1.29 bits per heavy atom. The van der Waals surface area contributed by atoms with Crippen molar-refractivity contribution in [1.82, 2.24) is 5.32 Å². The molecule has 1 aromatic rings. The van der Waals surface area contributed by atoms with Gasteiger partial charge in [-0.15, -0.1) is 0 Å². The number of piperidine rings is 1. The average molecular weight is 189 g/mol. The Bertz CT molecular complexity index is 311. The van der Waals surface area contributed by atoms with Crippen molar-refractivity contribution in [2.45, 2.75) is 32.6 Å². The van der Waals surface area contributed by atoms with Gasteiger partial charge in [0.1, 0.15) is 0 Å². The van der Waals surface area contributed by atoms with Crippen LogP contribution in [0.5, 0.6) is 0 Å². The molecule has 1 heteroatoms. The highest BCUT2D eigenvalue weighted by Gasteiger charge is 2.16. The maximum absolute atomic E-state index is 3.48. The highest BCUT2D eigenvalue weighted by molar-refractivity contribution is 5.33. The Kier molecular flexibility index (Phi) is 2.87. The molecule has 1 aromatic carbocycles. The van der Waals surface area contributed by atoms with E-state index in [2.05, 4.69) is 37.4 Å². The van der Waals surface area contributed by atoms with Crippen LogP contribution in [0.2, 0.25) is 0 Å². The van der Waals surface area contributed by atoms with Crippen molar-refractivity contribution in [1.29, 1.82) is 0 Å². The number of rotatable bonds is 1. The van der Waals surface area contributed by atoms with E-state index in [4.69, 9.17) is 0 Å². The van der Waals surface area contributed by atoms with Gasteiger partial charge in [-0.05, 0) is 50.3 Å². The number of aryl methyl sites for hydroxylation is 2. The first-order valence-electron chi connectivity index (χ1n) is 5.55. The maximum Gasteiger partial charge on any atom is 0.00202 e. The summed E-state index contributed by atoms with van der Waals surface area (Å²) in [5.41, 5.74) is 4.37. The molecule has 2 rings (SSSR count). The molecule has 1 nitrogen and oxygen atoms in total. The standard InChI is InChI=1S/C13H19N/c1-10-5-6-13(11(2)8-10)12-4-3-7-14-9-12/h5-6,8,12,14H,3-4,7,9H2,1-2H3/t12-/m0/s1. The van der Waals surface area contributed by atoms with E-state index >= 15 is 0 Å². The van der Waals surface area contributed by atoms with Gasteiger partial charge < -0.3 is 5.32 Å². The second kappa shape index (κ2) is 4.14. The van der Waals surface area contributed by atoms with Crippen LogP contribution in [0.1, 0.15) is 35.4 Å². The second-order valence-corrected chi connectivity index (χ2v) is 4.40. The summed E-state index contributed by atoms with van der Waals surface area (Å²) >= 11 is 0. The first kappa shape index (κ1) is 9.72. The minimum Gasteiger partial charge on any atom is -0.316 e. The number of hydrogen-bond acceptors (Lipinski definition) is 1. The zero-order valence-corrected chi connectivity index (χ0v) is 9.14. The molecule has 0 unspecified atom stereocenters. The molecule has 1 fully saturated rings. The molecule has 1 atom stereocenters. The first-order chi connectivity index (χ1) is 6.77. The summed E-state index contributed by atoms with van der Waals surface area (Å²) in [4.78, 5) is 0. The molecule has 1 aliphatic rings. The highest BCUT2D eigenvalue weighted by atomic mass is 14.9. The fraction of sp³-hybridized carbons (Fsp3) is 0.538. The fourth-order valence-electron chi connectivity index (χ4n) is 2.40. The van der Waals surface area contributed by atoms with Gasteiger partial charge in [0.2, 0.25) is 0 Å². The third-order valence-electron chi connectivity index (χ3n) is 3.16. The van der Waals surface area contributed by atoms with Crippen molar-refractivity contribution < 1.29 is 0 Å². The van der Waals surface area contributed by atoms with Gasteiger partial charge in [0.15, 0.2) is 0 Å². The summed E-state index contributed by atoms with van der Waals surface area (Å²) in [6, 6.07) is 6.84. The Balaban J connectivity index is 2.22. The normalized spacial score (nSPS) is 22.3. The third kappa shape index (κ3) is 1.98. The number of nitrogens with one attached hydrogen (secondary N) is 1. The predicted octanol–water partition coefficient (Wildman–Crippen LogP) is 2.77. The van der Waals surface area contributed by atoms with Crippen LogP contribution in [0.25, 0.3) is 0 Å². The maximum atomic E-state index is 3.48. The van der Waals surface area contributed by atoms with Crippen LogP contribution in [0, 0.1) is 13.8 Å². The Morgan fingerprint density at radius 3 is 2.79 bits per heavy atom. The average Bonchev–Trinajstić information content (AvgIpc) is 2.19. The monoisotopic (exact) mass is 189 g/mol. The summed E-state index contributed by atoms with van der Waals surface area (Å²) < 4.78 is 0. The lowest BCUT2D eigenvalue weighted by atomic mass is 9.88. The van der Waals surface area contributed by atoms with Crippen LogP contribution >= 0.6 is 0 Å². The number of hydrogen-bond donors (Lipinski definition) is 1. The quantitative estimate of drug-likeness (QED) is 0.716. The second-order valence-electron chi connectivity index (χ2n) is 4.40. The van der Waals surface area contributed by atoms with Crippen LogP contribution < -0.4 is 5.32 Å². The van der Waals surface area contributed by atoms with E-state index in [1.807, 2.05) is 0 Å². The molecule has 0 bridgehead atoms. The smallest absolute Gasteiger partial charge is 0.00202 e. The highest BCUT2D eigenvalue weighted by Crippen LogP contribution is 2.26. The van der Waals surface area contributed by atoms with Crippen molar-refractivity contribution >= 4 is 0 Å². The van der Waals surface area contributed by atoms with E-state index in [-0.39, 0.29) is 0 Å². The van der Waals surface area contributed by atoms with Gasteiger partial charge in [0, 0.05) is 6.54 Å². The molecule has 1 N–H and O–H groups in total. The first-order valence-corrected chi connectivity index (χ1v) is 5.55. The van der Waals surface area contributed by atoms with Crippen molar-refractivity contribution in [3.63, 3.8) is 0 Å². The molecule has 0 spiro atoms.